The summed E-state index contributed by atoms with van der Waals surface area (Å²) < 4.78 is 39.5. The number of aliphatic carboxylic acids is 1. The third-order valence-electron chi connectivity index (χ3n) is 9.50. The van der Waals surface area contributed by atoms with Crippen LogP contribution in [0.2, 0.25) is 0 Å². The highest BCUT2D eigenvalue weighted by Crippen LogP contribution is 2.39. The first-order valence-electron chi connectivity index (χ1n) is 16.5. The minimum atomic E-state index is -3.07. The standard InChI is InChI=1S/C29H48BrNO22/c1-7-15(38)18(41)19(42)26(47-7)51-22-13(30)25(44)48-12(6-34)21(22)50-27-20(43)24(17(40)11(5-33)49-27)53-29(28(45)46)3-9(36)14(31-8(2)35)23(52-29)16(39)10(37)4-32/h7,9-27,32-34,36-44H,3-6H2,1-2H3,(H,31,35)(H,45,46)/t7-,9+,10-,11-,12-,13-,14-,15+,16-,17+,18+,19-,20-,21-,22-,23-,24+,25?,26-,27+,29+/m1/s1. The predicted octanol–water partition coefficient (Wildman–Crippen LogP) is -7.97. The van der Waals surface area contributed by atoms with E-state index in [1.807, 2.05) is 0 Å². The van der Waals surface area contributed by atoms with Gasteiger partial charge in [0.1, 0.15) is 79.4 Å². The maximum Gasteiger partial charge on any atom is 0.364 e. The number of nitrogens with one attached hydrogen (secondary N) is 1. The summed E-state index contributed by atoms with van der Waals surface area (Å²) in [5.74, 6) is -5.83. The smallest absolute Gasteiger partial charge is 0.364 e. The van der Waals surface area contributed by atoms with Gasteiger partial charge in [-0.3, -0.25) is 4.79 Å². The fourth-order valence-corrected chi connectivity index (χ4v) is 7.11. The quantitative estimate of drug-likeness (QED) is 0.0766. The van der Waals surface area contributed by atoms with Crippen molar-refractivity contribution in [2.24, 2.45) is 0 Å². The van der Waals surface area contributed by atoms with Crippen LogP contribution in [0.1, 0.15) is 20.3 Å². The number of hydrogen-bond acceptors (Lipinski definition) is 21. The molecule has 4 fully saturated rings. The number of carboxylic acids is 1. The molecular weight excluding hydrogens is 794 g/mol. The van der Waals surface area contributed by atoms with Gasteiger partial charge in [-0.1, -0.05) is 15.9 Å². The Kier molecular flexibility index (Phi) is 15.3. The lowest BCUT2D eigenvalue weighted by atomic mass is 9.88. The molecule has 0 spiro atoms. The van der Waals surface area contributed by atoms with Crippen molar-refractivity contribution in [2.45, 2.75) is 147 Å². The lowest BCUT2D eigenvalue weighted by molar-refractivity contribution is -0.387. The SMILES string of the molecule is CC(=O)N[C@H]1[C@H]([C@H](O)[C@H](O)CO)O[C@@](O[C@H]2[C@@H](O)[C@@H](CO)O[C@@H](O[C@H]3[C@H](O[C@H]4O[C@H](C)[C@H](O)[C@H](O)[C@H]4O)[C@@H](Br)C(O)O[C@@H]3CO)[C@@H]2O)(C(=O)O)C[C@@H]1O. The molecule has 0 aromatic heterocycles. The second kappa shape index (κ2) is 18.3. The van der Waals surface area contributed by atoms with E-state index in [2.05, 4.69) is 21.2 Å². The number of rotatable bonds is 13. The van der Waals surface area contributed by atoms with E-state index in [0.29, 0.717) is 0 Å². The summed E-state index contributed by atoms with van der Waals surface area (Å²) in [4.78, 5) is 23.4. The lowest BCUT2D eigenvalue weighted by Gasteiger charge is -2.51. The minimum absolute atomic E-state index is 0.764. The van der Waals surface area contributed by atoms with Gasteiger partial charge in [0.05, 0.1) is 42.9 Å². The predicted molar refractivity (Wildman–Crippen MR) is 168 cm³/mol. The highest BCUT2D eigenvalue weighted by Gasteiger charge is 2.60. The van der Waals surface area contributed by atoms with Gasteiger partial charge in [0.25, 0.3) is 5.79 Å². The molecule has 4 rings (SSSR count). The summed E-state index contributed by atoms with van der Waals surface area (Å²) >= 11 is 3.18. The van der Waals surface area contributed by atoms with Crippen molar-refractivity contribution in [3.63, 3.8) is 0 Å². The van der Waals surface area contributed by atoms with Crippen molar-refractivity contribution in [1.82, 2.24) is 5.32 Å². The molecule has 0 saturated carbocycles. The molecule has 0 aromatic rings. The van der Waals surface area contributed by atoms with Crippen LogP contribution in [0.3, 0.4) is 0 Å². The summed E-state index contributed by atoms with van der Waals surface area (Å²) in [5.41, 5.74) is 0. The zero-order valence-electron chi connectivity index (χ0n) is 28.2. The zero-order valence-corrected chi connectivity index (χ0v) is 29.8. The van der Waals surface area contributed by atoms with E-state index in [9.17, 15) is 76.0 Å². The summed E-state index contributed by atoms with van der Waals surface area (Å²) in [6, 6.07) is -1.57. The van der Waals surface area contributed by atoms with Crippen LogP contribution < -0.4 is 5.32 Å². The molecular formula is C29H48BrNO22. The molecule has 0 radical (unpaired) electrons. The van der Waals surface area contributed by atoms with Gasteiger partial charge in [-0.2, -0.15) is 0 Å². The highest BCUT2D eigenvalue weighted by molar-refractivity contribution is 9.09. The van der Waals surface area contributed by atoms with E-state index in [4.69, 9.17) is 33.2 Å². The van der Waals surface area contributed by atoms with Crippen molar-refractivity contribution < 1.29 is 109 Å². The van der Waals surface area contributed by atoms with E-state index in [1.165, 1.54) is 6.92 Å². The van der Waals surface area contributed by atoms with Gasteiger partial charge in [0.2, 0.25) is 5.91 Å². The Balaban J connectivity index is 1.66. The van der Waals surface area contributed by atoms with E-state index in [0.717, 1.165) is 6.92 Å². The maximum absolute atomic E-state index is 12.8. The molecule has 0 aliphatic carbocycles. The maximum atomic E-state index is 12.8. The number of carboxylic acid groups (broad SMARTS) is 1. The number of aliphatic hydroxyl groups excluding tert-OH is 12. The number of hydrogen-bond donors (Lipinski definition) is 14. The van der Waals surface area contributed by atoms with Crippen LogP contribution in [0, 0.1) is 0 Å². The first kappa shape index (κ1) is 44.4. The van der Waals surface area contributed by atoms with Crippen LogP contribution in [-0.2, 0) is 42.7 Å². The van der Waals surface area contributed by atoms with Crippen LogP contribution in [-0.4, -0.2) is 225 Å². The molecule has 53 heavy (non-hydrogen) atoms. The zero-order chi connectivity index (χ0) is 39.7. The number of halogens is 1. The molecule has 4 aliphatic rings. The molecule has 4 saturated heterocycles. The van der Waals surface area contributed by atoms with Crippen LogP contribution >= 0.6 is 15.9 Å². The van der Waals surface area contributed by atoms with Gasteiger partial charge in [0.15, 0.2) is 18.9 Å². The summed E-state index contributed by atoms with van der Waals surface area (Å²) in [7, 11) is 0. The average Bonchev–Trinajstić information content (AvgIpc) is 3.11. The number of aliphatic hydroxyl groups is 12. The fourth-order valence-electron chi connectivity index (χ4n) is 6.56. The normalized spacial score (nSPS) is 47.8. The van der Waals surface area contributed by atoms with Gasteiger partial charge in [-0.05, 0) is 6.92 Å². The van der Waals surface area contributed by atoms with Crippen molar-refractivity contribution in [3.8, 4) is 0 Å². The van der Waals surface area contributed by atoms with E-state index in [1.54, 1.807) is 0 Å². The molecule has 1 amide bonds. The van der Waals surface area contributed by atoms with Crippen LogP contribution in [0.5, 0.6) is 0 Å². The van der Waals surface area contributed by atoms with Gasteiger partial charge in [-0.15, -0.1) is 0 Å². The molecule has 1 unspecified atom stereocenters. The first-order valence-corrected chi connectivity index (χ1v) is 17.5. The van der Waals surface area contributed by atoms with Gasteiger partial charge >= 0.3 is 5.97 Å². The van der Waals surface area contributed by atoms with E-state index < -0.39 is 165 Å². The third kappa shape index (κ3) is 9.29. The van der Waals surface area contributed by atoms with Crippen LogP contribution in [0.15, 0.2) is 0 Å². The Labute approximate surface area is 309 Å². The number of carbonyl (C=O) groups is 2. The number of carbonyl (C=O) groups excluding carboxylic acids is 1. The molecule has 21 atom stereocenters. The second-order valence-corrected chi connectivity index (χ2v) is 14.3. The van der Waals surface area contributed by atoms with Crippen molar-refractivity contribution in [3.05, 3.63) is 0 Å². The first-order chi connectivity index (χ1) is 24.8. The van der Waals surface area contributed by atoms with Gasteiger partial charge < -0.3 is 105 Å². The monoisotopic (exact) mass is 841 g/mol. The second-order valence-electron chi connectivity index (χ2n) is 13.2. The van der Waals surface area contributed by atoms with E-state index in [-0.39, 0.29) is 0 Å². The Morgan fingerprint density at radius 2 is 1.43 bits per heavy atom. The third-order valence-corrected chi connectivity index (χ3v) is 10.5. The van der Waals surface area contributed by atoms with Crippen molar-refractivity contribution >= 4 is 27.8 Å². The van der Waals surface area contributed by atoms with E-state index >= 15 is 0 Å². The summed E-state index contributed by atoms with van der Waals surface area (Å²) in [6.45, 7) is -0.549. The molecule has 0 aromatic carbocycles. The topological polar surface area (TPSA) is 374 Å². The average molecular weight is 843 g/mol. The Morgan fingerprint density at radius 1 is 0.830 bits per heavy atom. The van der Waals surface area contributed by atoms with Gasteiger partial charge in [-0.25, -0.2) is 4.79 Å². The molecule has 14 N–H and O–H groups in total. The molecule has 4 heterocycles. The molecule has 23 nitrogen and oxygen atoms in total. The number of amides is 1. The number of ether oxygens (including phenoxy) is 7. The largest absolute Gasteiger partial charge is 0.477 e. The lowest BCUT2D eigenvalue weighted by Crippen LogP contribution is -2.71. The summed E-state index contributed by atoms with van der Waals surface area (Å²) in [6.07, 6.45) is -33.4. The Hall–Kier alpha value is -1.34. The molecule has 24 heteroatoms. The van der Waals surface area contributed by atoms with Crippen molar-refractivity contribution in [2.75, 3.05) is 19.8 Å². The Bertz CT molecular complexity index is 1230. The fraction of sp³-hybridized carbons (Fsp3) is 0.931. The van der Waals surface area contributed by atoms with Crippen molar-refractivity contribution in [1.29, 1.82) is 0 Å². The van der Waals surface area contributed by atoms with Gasteiger partial charge in [0, 0.05) is 13.3 Å². The minimum Gasteiger partial charge on any atom is -0.477 e. The molecule has 4 aliphatic heterocycles. The highest BCUT2D eigenvalue weighted by atomic mass is 79.9. The van der Waals surface area contributed by atoms with Crippen LogP contribution in [0.4, 0.5) is 0 Å². The molecule has 0 bridgehead atoms. The summed E-state index contributed by atoms with van der Waals surface area (Å²) in [5, 5.41) is 138. The number of alkyl halides is 1. The Morgan fingerprint density at radius 3 is 2.00 bits per heavy atom. The molecule has 308 valence electrons. The van der Waals surface area contributed by atoms with Crippen LogP contribution in [0.25, 0.3) is 0 Å².